The van der Waals surface area contributed by atoms with Gasteiger partial charge in [-0.3, -0.25) is 4.79 Å². The van der Waals surface area contributed by atoms with Gasteiger partial charge in [0.05, 0.1) is 11.6 Å². The molecule has 4 unspecified atom stereocenters. The Morgan fingerprint density at radius 3 is 2.90 bits per heavy atom. The fraction of sp³-hybridized carbons (Fsp3) is 0.938. The zero-order valence-electron chi connectivity index (χ0n) is 12.6. The molecule has 4 nitrogen and oxygen atoms in total. The molecule has 2 N–H and O–H groups in total. The number of aliphatic hydroxyl groups is 1. The highest BCUT2D eigenvalue weighted by Crippen LogP contribution is 2.40. The van der Waals surface area contributed by atoms with E-state index in [1.807, 2.05) is 4.90 Å². The maximum absolute atomic E-state index is 12.7. The summed E-state index contributed by atoms with van der Waals surface area (Å²) in [5.74, 6) is 1.00. The third-order valence-corrected chi connectivity index (χ3v) is 5.77. The van der Waals surface area contributed by atoms with Gasteiger partial charge in [0.25, 0.3) is 0 Å². The Kier molecular flexibility index (Phi) is 4.04. The molecule has 0 aromatic carbocycles. The lowest BCUT2D eigenvalue weighted by molar-refractivity contribution is -0.147. The molecule has 2 heterocycles. The molecule has 0 bridgehead atoms. The zero-order chi connectivity index (χ0) is 14.2. The molecule has 0 aromatic heterocycles. The van der Waals surface area contributed by atoms with Crippen LogP contribution in [0.2, 0.25) is 0 Å². The van der Waals surface area contributed by atoms with E-state index in [0.717, 1.165) is 51.7 Å². The topological polar surface area (TPSA) is 52.6 Å². The van der Waals surface area contributed by atoms with Crippen molar-refractivity contribution in [3.05, 3.63) is 0 Å². The molecule has 1 saturated carbocycles. The van der Waals surface area contributed by atoms with Gasteiger partial charge in [0.2, 0.25) is 5.91 Å². The average Bonchev–Trinajstić information content (AvgIpc) is 2.46. The number of hydrogen-bond donors (Lipinski definition) is 2. The van der Waals surface area contributed by atoms with Crippen molar-refractivity contribution in [1.82, 2.24) is 10.2 Å². The summed E-state index contributed by atoms with van der Waals surface area (Å²) in [5.41, 5.74) is -0.485. The predicted octanol–water partition coefficient (Wildman–Crippen LogP) is 1.53. The van der Waals surface area contributed by atoms with E-state index in [1.54, 1.807) is 0 Å². The second kappa shape index (κ2) is 5.64. The van der Waals surface area contributed by atoms with E-state index in [4.69, 9.17) is 0 Å². The molecular weight excluding hydrogens is 252 g/mol. The normalized spacial score (nSPS) is 42.1. The van der Waals surface area contributed by atoms with Crippen LogP contribution in [0, 0.1) is 11.8 Å². The minimum absolute atomic E-state index is 0.00136. The van der Waals surface area contributed by atoms with Gasteiger partial charge >= 0.3 is 0 Å². The quantitative estimate of drug-likeness (QED) is 0.766. The lowest BCUT2D eigenvalue weighted by Crippen LogP contribution is -2.59. The maximum atomic E-state index is 12.7. The Hall–Kier alpha value is -0.610. The molecule has 20 heavy (non-hydrogen) atoms. The molecule has 1 aliphatic carbocycles. The van der Waals surface area contributed by atoms with Crippen LogP contribution in [0.4, 0.5) is 0 Å². The van der Waals surface area contributed by atoms with E-state index in [-0.39, 0.29) is 11.9 Å². The lowest BCUT2D eigenvalue weighted by Gasteiger charge is -2.48. The minimum Gasteiger partial charge on any atom is -0.389 e. The Labute approximate surface area is 121 Å². The highest BCUT2D eigenvalue weighted by Gasteiger charge is 2.45. The van der Waals surface area contributed by atoms with Crippen molar-refractivity contribution >= 4 is 5.91 Å². The second-order valence-electron chi connectivity index (χ2n) is 7.13. The van der Waals surface area contributed by atoms with Crippen LogP contribution < -0.4 is 5.32 Å². The van der Waals surface area contributed by atoms with Crippen LogP contribution >= 0.6 is 0 Å². The highest BCUT2D eigenvalue weighted by atomic mass is 16.3. The summed E-state index contributed by atoms with van der Waals surface area (Å²) in [6, 6.07) is -0.00136. The molecule has 4 atom stereocenters. The average molecular weight is 280 g/mol. The van der Waals surface area contributed by atoms with Crippen LogP contribution in [-0.4, -0.2) is 47.2 Å². The van der Waals surface area contributed by atoms with Crippen molar-refractivity contribution in [2.45, 2.75) is 63.5 Å². The molecule has 0 aromatic rings. The molecule has 3 rings (SSSR count). The number of hydrogen-bond acceptors (Lipinski definition) is 3. The molecule has 0 spiro atoms. The number of nitrogens with one attached hydrogen (secondary N) is 1. The summed E-state index contributed by atoms with van der Waals surface area (Å²) in [6.45, 7) is 4.63. The summed E-state index contributed by atoms with van der Waals surface area (Å²) in [4.78, 5) is 14.7. The van der Waals surface area contributed by atoms with Crippen molar-refractivity contribution in [1.29, 1.82) is 0 Å². The standard InChI is InChI=1S/C16H28N2O2/c1-12-5-4-9-17-14(12)15(19)18-10-8-16(20)7-3-2-6-13(16)11-18/h12-14,17,20H,2-11H2,1H3. The molecule has 3 aliphatic rings. The monoisotopic (exact) mass is 280 g/mol. The number of nitrogens with zero attached hydrogens (tertiary/aromatic N) is 1. The third kappa shape index (κ3) is 2.60. The summed E-state index contributed by atoms with van der Waals surface area (Å²) in [5, 5.41) is 14.1. The number of carbonyl (C=O) groups is 1. The Morgan fingerprint density at radius 2 is 2.10 bits per heavy atom. The van der Waals surface area contributed by atoms with E-state index in [2.05, 4.69) is 12.2 Å². The highest BCUT2D eigenvalue weighted by molar-refractivity contribution is 5.82. The molecule has 2 aliphatic heterocycles. The number of amides is 1. The molecule has 3 fully saturated rings. The first-order valence-corrected chi connectivity index (χ1v) is 8.35. The summed E-state index contributed by atoms with van der Waals surface area (Å²) >= 11 is 0. The molecule has 1 amide bonds. The van der Waals surface area contributed by atoms with E-state index < -0.39 is 5.60 Å². The Morgan fingerprint density at radius 1 is 1.25 bits per heavy atom. The molecule has 0 radical (unpaired) electrons. The Balaban J connectivity index is 1.65. The van der Waals surface area contributed by atoms with Crippen LogP contribution in [0.15, 0.2) is 0 Å². The number of piperidine rings is 2. The Bertz CT molecular complexity index is 373. The third-order valence-electron chi connectivity index (χ3n) is 5.77. The molecule has 4 heteroatoms. The van der Waals surface area contributed by atoms with Crippen molar-refractivity contribution in [2.24, 2.45) is 11.8 Å². The minimum atomic E-state index is -0.485. The van der Waals surface area contributed by atoms with E-state index in [1.165, 1.54) is 12.8 Å². The van der Waals surface area contributed by atoms with Crippen molar-refractivity contribution in [3.8, 4) is 0 Å². The van der Waals surface area contributed by atoms with Crippen molar-refractivity contribution < 1.29 is 9.90 Å². The van der Waals surface area contributed by atoms with Gasteiger partial charge in [-0.25, -0.2) is 0 Å². The number of carbonyl (C=O) groups excluding carboxylic acids is 1. The first-order valence-electron chi connectivity index (χ1n) is 8.35. The van der Waals surface area contributed by atoms with E-state index >= 15 is 0 Å². The predicted molar refractivity (Wildman–Crippen MR) is 78.3 cm³/mol. The van der Waals surface area contributed by atoms with Crippen LogP contribution in [-0.2, 0) is 4.79 Å². The number of fused-ring (bicyclic) bond motifs is 1. The van der Waals surface area contributed by atoms with Crippen molar-refractivity contribution in [3.63, 3.8) is 0 Å². The fourth-order valence-corrected chi connectivity index (χ4v) is 4.35. The molecule has 2 saturated heterocycles. The molecule has 114 valence electrons. The summed E-state index contributed by atoms with van der Waals surface area (Å²) in [7, 11) is 0. The largest absolute Gasteiger partial charge is 0.389 e. The van der Waals surface area contributed by atoms with E-state index in [9.17, 15) is 9.90 Å². The zero-order valence-corrected chi connectivity index (χ0v) is 12.6. The first-order chi connectivity index (χ1) is 9.60. The van der Waals surface area contributed by atoms with Gasteiger partial charge in [0, 0.05) is 19.0 Å². The smallest absolute Gasteiger partial charge is 0.239 e. The maximum Gasteiger partial charge on any atom is 0.239 e. The lowest BCUT2D eigenvalue weighted by atomic mass is 9.71. The van der Waals surface area contributed by atoms with E-state index in [0.29, 0.717) is 11.8 Å². The fourth-order valence-electron chi connectivity index (χ4n) is 4.35. The van der Waals surface area contributed by atoms with Gasteiger partial charge < -0.3 is 15.3 Å². The van der Waals surface area contributed by atoms with Crippen LogP contribution in [0.1, 0.15) is 51.9 Å². The first kappa shape index (κ1) is 14.3. The van der Waals surface area contributed by atoms with Gasteiger partial charge in [0.1, 0.15) is 0 Å². The van der Waals surface area contributed by atoms with Crippen LogP contribution in [0.5, 0.6) is 0 Å². The van der Waals surface area contributed by atoms with Crippen molar-refractivity contribution in [2.75, 3.05) is 19.6 Å². The van der Waals surface area contributed by atoms with Gasteiger partial charge in [-0.2, -0.15) is 0 Å². The number of rotatable bonds is 1. The number of likely N-dealkylation sites (tertiary alicyclic amines) is 1. The summed E-state index contributed by atoms with van der Waals surface area (Å²) in [6.07, 6.45) is 7.43. The van der Waals surface area contributed by atoms with Gasteiger partial charge in [-0.05, 0) is 44.6 Å². The van der Waals surface area contributed by atoms with Crippen LogP contribution in [0.25, 0.3) is 0 Å². The van der Waals surface area contributed by atoms with Crippen LogP contribution in [0.3, 0.4) is 0 Å². The van der Waals surface area contributed by atoms with Gasteiger partial charge in [-0.15, -0.1) is 0 Å². The van der Waals surface area contributed by atoms with Gasteiger partial charge in [-0.1, -0.05) is 19.8 Å². The second-order valence-corrected chi connectivity index (χ2v) is 7.13. The SMILES string of the molecule is CC1CCCNC1C(=O)N1CCC2(O)CCCCC2C1. The summed E-state index contributed by atoms with van der Waals surface area (Å²) < 4.78 is 0. The molecular formula is C16H28N2O2. The van der Waals surface area contributed by atoms with Gasteiger partial charge in [0.15, 0.2) is 0 Å².